The molecule has 1 heterocycles. The van der Waals surface area contributed by atoms with Crippen LogP contribution in [0.5, 0.6) is 5.75 Å². The molecule has 4 unspecified atom stereocenters. The molecule has 272 valence electrons. The number of aliphatic imine (C=N–C) groups is 1. The first-order valence-corrected chi connectivity index (χ1v) is 17.8. The molecule has 1 saturated heterocycles. The van der Waals surface area contributed by atoms with Crippen molar-refractivity contribution >= 4 is 69.2 Å². The third-order valence-corrected chi connectivity index (χ3v) is 9.75. The number of carbonyl (C=O) groups excluding carboxylic acids is 5. The predicted octanol–water partition coefficient (Wildman–Crippen LogP) is 1.20. The minimum Gasteiger partial charge on any atom is -0.507 e. The van der Waals surface area contributed by atoms with Gasteiger partial charge in [-0.2, -0.15) is 0 Å². The van der Waals surface area contributed by atoms with Crippen LogP contribution in [-0.2, 0) is 36.8 Å². The summed E-state index contributed by atoms with van der Waals surface area (Å²) < 4.78 is 0.531. The zero-order valence-electron chi connectivity index (χ0n) is 28.7. The second-order valence-electron chi connectivity index (χ2n) is 12.6. The number of nitrogens with two attached hydrogens (primary N) is 2. The third-order valence-electron chi connectivity index (χ3n) is 8.89. The first-order chi connectivity index (χ1) is 24.3. The van der Waals surface area contributed by atoms with Crippen LogP contribution >= 0.6 is 22.6 Å². The summed E-state index contributed by atoms with van der Waals surface area (Å²) in [5.74, 6) is -2.52. The van der Waals surface area contributed by atoms with Crippen LogP contribution in [0.15, 0.2) is 65.7 Å². The number of halogens is 1. The van der Waals surface area contributed by atoms with E-state index in [1.54, 1.807) is 19.2 Å². The molecule has 3 aromatic carbocycles. The van der Waals surface area contributed by atoms with Crippen LogP contribution in [0.3, 0.4) is 0 Å². The number of aldehydes is 1. The van der Waals surface area contributed by atoms with Gasteiger partial charge in [-0.1, -0.05) is 61.9 Å². The number of nitrogens with zero attached hydrogens (tertiary/aromatic N) is 2. The Morgan fingerprint density at radius 3 is 2.35 bits per heavy atom. The molecule has 0 spiro atoms. The Morgan fingerprint density at radius 2 is 1.67 bits per heavy atom. The van der Waals surface area contributed by atoms with Crippen LogP contribution in [0.25, 0.3) is 10.8 Å². The molecule has 3 aromatic rings. The number of carbonyl (C=O) groups is 5. The number of benzene rings is 3. The first-order valence-electron chi connectivity index (χ1n) is 16.7. The van der Waals surface area contributed by atoms with Gasteiger partial charge in [0.1, 0.15) is 17.8 Å². The number of phenols is 1. The number of amides is 4. The Kier molecular flexibility index (Phi) is 13.7. The molecule has 1 fully saturated rings. The summed E-state index contributed by atoms with van der Waals surface area (Å²) in [5, 5.41) is 23.1. The first kappa shape index (κ1) is 39.0. The van der Waals surface area contributed by atoms with Crippen LogP contribution in [0.2, 0.25) is 0 Å². The van der Waals surface area contributed by atoms with Gasteiger partial charge in [0.2, 0.25) is 23.6 Å². The van der Waals surface area contributed by atoms with Crippen molar-refractivity contribution in [1.29, 1.82) is 0 Å². The lowest BCUT2D eigenvalue weighted by Crippen LogP contribution is -2.68. The van der Waals surface area contributed by atoms with Crippen molar-refractivity contribution in [2.75, 3.05) is 20.1 Å². The van der Waals surface area contributed by atoms with Gasteiger partial charge in [-0.05, 0) is 82.9 Å². The van der Waals surface area contributed by atoms with Gasteiger partial charge in [-0.3, -0.25) is 33.9 Å². The number of hydrogen-bond acceptors (Lipinski definition) is 8. The third kappa shape index (κ3) is 10.4. The number of hydrogen-bond donors (Lipinski definition) is 7. The molecular formula is C36H45IN8O6. The van der Waals surface area contributed by atoms with E-state index in [2.05, 4.69) is 26.3 Å². The second kappa shape index (κ2) is 17.9. The maximum atomic E-state index is 14.1. The van der Waals surface area contributed by atoms with Crippen molar-refractivity contribution in [2.24, 2.45) is 16.5 Å². The van der Waals surface area contributed by atoms with E-state index in [1.807, 2.05) is 72.0 Å². The van der Waals surface area contributed by atoms with Crippen molar-refractivity contribution in [3.05, 3.63) is 75.4 Å². The Balaban J connectivity index is 1.74. The predicted molar refractivity (Wildman–Crippen MR) is 202 cm³/mol. The van der Waals surface area contributed by atoms with Crippen LogP contribution < -0.4 is 32.7 Å². The zero-order valence-corrected chi connectivity index (χ0v) is 30.8. The molecule has 51 heavy (non-hydrogen) atoms. The lowest BCUT2D eigenvalue weighted by Gasteiger charge is -2.42. The number of phenolic OH excluding ortho intramolecular Hbond substituents is 1. The fraction of sp³-hybridized carbons (Fsp3) is 0.389. The zero-order chi connectivity index (χ0) is 37.1. The van der Waals surface area contributed by atoms with Gasteiger partial charge >= 0.3 is 0 Å². The smallest absolute Gasteiger partial charge is 0.243 e. The molecule has 0 aromatic heterocycles. The molecule has 0 aliphatic carbocycles. The van der Waals surface area contributed by atoms with E-state index in [9.17, 15) is 29.1 Å². The number of rotatable bonds is 11. The van der Waals surface area contributed by atoms with Gasteiger partial charge in [0, 0.05) is 19.4 Å². The highest BCUT2D eigenvalue weighted by atomic mass is 127. The fourth-order valence-electron chi connectivity index (χ4n) is 6.13. The minimum atomic E-state index is -1.75. The number of fused-ring (bicyclic) bond motifs is 1. The van der Waals surface area contributed by atoms with E-state index in [0.717, 1.165) is 16.3 Å². The van der Waals surface area contributed by atoms with E-state index < -0.39 is 54.0 Å². The van der Waals surface area contributed by atoms with Gasteiger partial charge in [0.15, 0.2) is 17.9 Å². The average Bonchev–Trinajstić information content (AvgIpc) is 3.10. The van der Waals surface area contributed by atoms with E-state index in [-0.39, 0.29) is 43.9 Å². The topological polar surface area (TPSA) is 221 Å². The quantitative estimate of drug-likeness (QED) is 0.0486. The summed E-state index contributed by atoms with van der Waals surface area (Å²) in [5.41, 5.74) is 10.6. The molecule has 0 radical (unpaired) electrons. The lowest BCUT2D eigenvalue weighted by molar-refractivity contribution is -0.141. The van der Waals surface area contributed by atoms with E-state index in [0.29, 0.717) is 28.3 Å². The molecule has 15 heteroatoms. The van der Waals surface area contributed by atoms with E-state index >= 15 is 0 Å². The van der Waals surface area contributed by atoms with Crippen LogP contribution in [0, 0.1) is 3.57 Å². The van der Waals surface area contributed by atoms with Gasteiger partial charge in [0.25, 0.3) is 0 Å². The van der Waals surface area contributed by atoms with Crippen molar-refractivity contribution in [1.82, 2.24) is 26.2 Å². The molecule has 4 amide bonds. The molecular weight excluding hydrogens is 767 g/mol. The van der Waals surface area contributed by atoms with Gasteiger partial charge < -0.3 is 37.8 Å². The SMILES string of the molecule is CCCC1C(=O)NC(CCCN=C(N)N)C(=O)NC(Cc2ccc3ccccc3c2)C(=O)NCC(=O)NC(C=O)(Cc2ccc(O)c(I)c2)N1C. The normalized spacial score (nSPS) is 22.2. The van der Waals surface area contributed by atoms with Gasteiger partial charge in [0.05, 0.1) is 16.2 Å². The van der Waals surface area contributed by atoms with Crippen LogP contribution in [-0.4, -0.2) is 89.8 Å². The Bertz CT molecular complexity index is 1780. The molecule has 4 rings (SSSR count). The maximum absolute atomic E-state index is 14.1. The monoisotopic (exact) mass is 812 g/mol. The summed E-state index contributed by atoms with van der Waals surface area (Å²) in [6, 6.07) is 15.1. The standard InChI is InChI=1S/C36H45IN8O6/c1-3-7-29-34(51)42-27(10-6-15-40-35(38)39)33(50)43-28(18-22-11-13-24-8-4-5-9-25(24)16-22)32(49)41-20-31(48)44-36(21-46,45(29)2)19-23-12-14-30(47)26(37)17-23/h4-5,8-9,11-14,16-17,21,27-29,47H,3,6-7,10,15,18-20H2,1-2H3,(H,41,49)(H,42,51)(H,43,50)(H,44,48)(H4,38,39,40). The highest BCUT2D eigenvalue weighted by Crippen LogP contribution is 2.26. The number of guanidine groups is 1. The number of aromatic hydroxyl groups is 1. The lowest BCUT2D eigenvalue weighted by atomic mass is 9.95. The highest BCUT2D eigenvalue weighted by molar-refractivity contribution is 14.1. The molecule has 0 saturated carbocycles. The van der Waals surface area contributed by atoms with Crippen LogP contribution in [0.4, 0.5) is 0 Å². The summed E-state index contributed by atoms with van der Waals surface area (Å²) >= 11 is 1.96. The molecule has 4 atom stereocenters. The number of nitrogens with one attached hydrogen (secondary N) is 4. The van der Waals surface area contributed by atoms with Crippen molar-refractivity contribution in [2.45, 2.75) is 69.2 Å². The highest BCUT2D eigenvalue weighted by Gasteiger charge is 2.43. The summed E-state index contributed by atoms with van der Waals surface area (Å²) in [7, 11) is 1.55. The molecule has 9 N–H and O–H groups in total. The summed E-state index contributed by atoms with van der Waals surface area (Å²) in [4.78, 5) is 73.9. The van der Waals surface area contributed by atoms with Gasteiger partial charge in [-0.15, -0.1) is 0 Å². The summed E-state index contributed by atoms with van der Waals surface area (Å²) in [6.07, 6.45) is 1.89. The largest absolute Gasteiger partial charge is 0.507 e. The van der Waals surface area contributed by atoms with E-state index in [4.69, 9.17) is 11.5 Å². The van der Waals surface area contributed by atoms with Crippen LogP contribution in [0.1, 0.15) is 43.7 Å². The number of likely N-dealkylation sites (N-methyl/N-ethyl adjacent to an activating group) is 1. The van der Waals surface area contributed by atoms with E-state index in [1.165, 1.54) is 11.0 Å². The molecule has 1 aliphatic rings. The molecule has 1 aliphatic heterocycles. The summed E-state index contributed by atoms with van der Waals surface area (Å²) in [6.45, 7) is 1.57. The van der Waals surface area contributed by atoms with Crippen molar-refractivity contribution < 1.29 is 29.1 Å². The Morgan fingerprint density at radius 1 is 0.961 bits per heavy atom. The second-order valence-corrected chi connectivity index (χ2v) is 13.8. The Labute approximate surface area is 310 Å². The minimum absolute atomic E-state index is 0.0521. The van der Waals surface area contributed by atoms with Gasteiger partial charge in [-0.25, -0.2) is 0 Å². The average molecular weight is 813 g/mol. The molecule has 14 nitrogen and oxygen atoms in total. The van der Waals surface area contributed by atoms with Crippen molar-refractivity contribution in [3.63, 3.8) is 0 Å². The Hall–Kier alpha value is -4.77. The molecule has 0 bridgehead atoms. The maximum Gasteiger partial charge on any atom is 0.243 e. The van der Waals surface area contributed by atoms with Crippen molar-refractivity contribution in [3.8, 4) is 5.75 Å². The fourth-order valence-corrected chi connectivity index (χ4v) is 6.71.